The van der Waals surface area contributed by atoms with Gasteiger partial charge >= 0.3 is 0 Å². The molecule has 2 fully saturated rings. The third-order valence-electron chi connectivity index (χ3n) is 4.76. The van der Waals surface area contributed by atoms with Crippen LogP contribution in [0.5, 0.6) is 0 Å². The van der Waals surface area contributed by atoms with E-state index in [2.05, 4.69) is 24.5 Å². The fraction of sp³-hybridized carbons (Fsp3) is 1.00. The Morgan fingerprint density at radius 2 is 2.00 bits per heavy atom. The zero-order valence-electron chi connectivity index (χ0n) is 12.4. The lowest BCUT2D eigenvalue weighted by molar-refractivity contribution is 0.271. The molecule has 2 rings (SSSR count). The maximum Gasteiger partial charge on any atom is 0.00817 e. The normalized spacial score (nSPS) is 36.0. The molecule has 2 nitrogen and oxygen atoms in total. The van der Waals surface area contributed by atoms with Gasteiger partial charge in [-0.25, -0.2) is 0 Å². The number of hydrogen-bond acceptors (Lipinski definition) is 2. The molecule has 1 aliphatic heterocycles. The first kappa shape index (κ1) is 14.3. The number of rotatable bonds is 4. The molecule has 0 aromatic rings. The van der Waals surface area contributed by atoms with Crippen LogP contribution < -0.4 is 10.6 Å². The summed E-state index contributed by atoms with van der Waals surface area (Å²) < 4.78 is 0. The zero-order valence-corrected chi connectivity index (χ0v) is 12.4. The monoisotopic (exact) mass is 252 g/mol. The third-order valence-corrected chi connectivity index (χ3v) is 4.76. The predicted octanol–water partition coefficient (Wildman–Crippen LogP) is 3.47. The molecular weight excluding hydrogens is 220 g/mol. The Labute approximate surface area is 113 Å². The SMILES string of the molecule is CC1CCCC(NC(C)CC2CCCCCN2)C1. The first-order chi connectivity index (χ1) is 8.74. The van der Waals surface area contributed by atoms with Crippen LogP contribution in [0.4, 0.5) is 0 Å². The average Bonchev–Trinajstić information content (AvgIpc) is 2.57. The van der Waals surface area contributed by atoms with Crippen LogP contribution in [0.1, 0.15) is 71.6 Å². The lowest BCUT2D eigenvalue weighted by Crippen LogP contribution is -2.43. The molecule has 0 bridgehead atoms. The van der Waals surface area contributed by atoms with E-state index in [0.717, 1.165) is 18.0 Å². The van der Waals surface area contributed by atoms with Gasteiger partial charge in [0.2, 0.25) is 0 Å². The molecule has 0 spiro atoms. The topological polar surface area (TPSA) is 24.1 Å². The van der Waals surface area contributed by atoms with E-state index in [0.29, 0.717) is 6.04 Å². The van der Waals surface area contributed by atoms with Gasteiger partial charge in [0, 0.05) is 18.1 Å². The molecule has 0 aromatic carbocycles. The summed E-state index contributed by atoms with van der Waals surface area (Å²) in [5, 5.41) is 7.60. The molecule has 4 atom stereocenters. The smallest absolute Gasteiger partial charge is 0.00817 e. The Balaban J connectivity index is 1.68. The molecule has 1 saturated carbocycles. The lowest BCUT2D eigenvalue weighted by atomic mass is 9.86. The lowest BCUT2D eigenvalue weighted by Gasteiger charge is -2.31. The van der Waals surface area contributed by atoms with Crippen LogP contribution in [0.15, 0.2) is 0 Å². The van der Waals surface area contributed by atoms with Gasteiger partial charge < -0.3 is 10.6 Å². The second-order valence-corrected chi connectivity index (χ2v) is 6.77. The first-order valence-electron chi connectivity index (χ1n) is 8.23. The van der Waals surface area contributed by atoms with Crippen molar-refractivity contribution in [3.05, 3.63) is 0 Å². The van der Waals surface area contributed by atoms with Gasteiger partial charge in [-0.1, -0.05) is 32.6 Å². The van der Waals surface area contributed by atoms with Crippen LogP contribution in [-0.4, -0.2) is 24.7 Å². The molecule has 1 aliphatic carbocycles. The Kier molecular flexibility index (Phi) is 5.97. The van der Waals surface area contributed by atoms with Crippen LogP contribution in [0.2, 0.25) is 0 Å². The molecule has 18 heavy (non-hydrogen) atoms. The van der Waals surface area contributed by atoms with E-state index in [1.807, 2.05) is 0 Å². The van der Waals surface area contributed by atoms with Gasteiger partial charge in [0.1, 0.15) is 0 Å². The van der Waals surface area contributed by atoms with Crippen LogP contribution in [0.25, 0.3) is 0 Å². The van der Waals surface area contributed by atoms with Crippen molar-refractivity contribution < 1.29 is 0 Å². The van der Waals surface area contributed by atoms with E-state index in [4.69, 9.17) is 0 Å². The van der Waals surface area contributed by atoms with Crippen LogP contribution in [-0.2, 0) is 0 Å². The van der Waals surface area contributed by atoms with Gasteiger partial charge in [0.25, 0.3) is 0 Å². The molecule has 106 valence electrons. The number of hydrogen-bond donors (Lipinski definition) is 2. The molecule has 4 unspecified atom stereocenters. The molecule has 1 saturated heterocycles. The highest BCUT2D eigenvalue weighted by molar-refractivity contribution is 4.81. The molecule has 2 N–H and O–H groups in total. The molecule has 2 heteroatoms. The van der Waals surface area contributed by atoms with Gasteiger partial charge in [-0.2, -0.15) is 0 Å². The van der Waals surface area contributed by atoms with E-state index < -0.39 is 0 Å². The first-order valence-corrected chi connectivity index (χ1v) is 8.23. The predicted molar refractivity (Wildman–Crippen MR) is 78.9 cm³/mol. The average molecular weight is 252 g/mol. The van der Waals surface area contributed by atoms with E-state index >= 15 is 0 Å². The van der Waals surface area contributed by atoms with Crippen molar-refractivity contribution in [3.8, 4) is 0 Å². The highest BCUT2D eigenvalue weighted by atomic mass is 15.0. The van der Waals surface area contributed by atoms with Gasteiger partial charge in [0.05, 0.1) is 0 Å². The van der Waals surface area contributed by atoms with Gasteiger partial charge in [0.15, 0.2) is 0 Å². The second-order valence-electron chi connectivity index (χ2n) is 6.77. The highest BCUT2D eigenvalue weighted by Gasteiger charge is 2.21. The summed E-state index contributed by atoms with van der Waals surface area (Å²) in [6, 6.07) is 2.22. The van der Waals surface area contributed by atoms with Gasteiger partial charge in [-0.15, -0.1) is 0 Å². The Bertz CT molecular complexity index is 217. The summed E-state index contributed by atoms with van der Waals surface area (Å²) in [5.41, 5.74) is 0. The van der Waals surface area contributed by atoms with Crippen molar-refractivity contribution in [2.75, 3.05) is 6.54 Å². The maximum absolute atomic E-state index is 3.88. The fourth-order valence-corrected chi connectivity index (χ4v) is 3.78. The quantitative estimate of drug-likeness (QED) is 0.800. The van der Waals surface area contributed by atoms with Crippen molar-refractivity contribution in [2.45, 2.75) is 89.8 Å². The van der Waals surface area contributed by atoms with Crippen molar-refractivity contribution in [1.82, 2.24) is 10.6 Å². The Hall–Kier alpha value is -0.0800. The van der Waals surface area contributed by atoms with Crippen molar-refractivity contribution in [1.29, 1.82) is 0 Å². The minimum Gasteiger partial charge on any atom is -0.314 e. The summed E-state index contributed by atoms with van der Waals surface area (Å²) in [6.45, 7) is 6.02. The molecule has 0 amide bonds. The highest BCUT2D eigenvalue weighted by Crippen LogP contribution is 2.24. The van der Waals surface area contributed by atoms with Crippen molar-refractivity contribution in [2.24, 2.45) is 5.92 Å². The summed E-state index contributed by atoms with van der Waals surface area (Å²) in [5.74, 6) is 0.930. The van der Waals surface area contributed by atoms with E-state index in [1.165, 1.54) is 64.3 Å². The largest absolute Gasteiger partial charge is 0.314 e. The summed E-state index contributed by atoms with van der Waals surface area (Å²) >= 11 is 0. The Morgan fingerprint density at radius 3 is 2.83 bits per heavy atom. The van der Waals surface area contributed by atoms with Crippen LogP contribution in [0.3, 0.4) is 0 Å². The minimum absolute atomic E-state index is 0.677. The summed E-state index contributed by atoms with van der Waals surface area (Å²) in [4.78, 5) is 0. The van der Waals surface area contributed by atoms with Crippen LogP contribution in [0, 0.1) is 5.92 Å². The molecule has 2 aliphatic rings. The molecular formula is C16H32N2. The van der Waals surface area contributed by atoms with Crippen molar-refractivity contribution >= 4 is 0 Å². The molecule has 1 heterocycles. The minimum atomic E-state index is 0.677. The van der Waals surface area contributed by atoms with E-state index in [-0.39, 0.29) is 0 Å². The number of nitrogens with one attached hydrogen (secondary N) is 2. The molecule has 0 radical (unpaired) electrons. The van der Waals surface area contributed by atoms with Crippen LogP contribution >= 0.6 is 0 Å². The molecule has 0 aromatic heterocycles. The standard InChI is InChI=1S/C16H32N2/c1-13-7-6-9-16(11-13)18-14(2)12-15-8-4-3-5-10-17-15/h13-18H,3-12H2,1-2H3. The van der Waals surface area contributed by atoms with E-state index in [1.54, 1.807) is 0 Å². The second kappa shape index (κ2) is 7.49. The summed E-state index contributed by atoms with van der Waals surface area (Å²) in [6.07, 6.45) is 12.6. The Morgan fingerprint density at radius 1 is 1.11 bits per heavy atom. The maximum atomic E-state index is 3.88. The van der Waals surface area contributed by atoms with Gasteiger partial charge in [-0.05, 0) is 51.5 Å². The van der Waals surface area contributed by atoms with E-state index in [9.17, 15) is 0 Å². The van der Waals surface area contributed by atoms with Gasteiger partial charge in [-0.3, -0.25) is 0 Å². The third kappa shape index (κ3) is 4.89. The summed E-state index contributed by atoms with van der Waals surface area (Å²) in [7, 11) is 0. The van der Waals surface area contributed by atoms with Crippen molar-refractivity contribution in [3.63, 3.8) is 0 Å². The fourth-order valence-electron chi connectivity index (χ4n) is 3.78. The zero-order chi connectivity index (χ0) is 12.8.